The van der Waals surface area contributed by atoms with Crippen LogP contribution < -0.4 is 10.7 Å². The summed E-state index contributed by atoms with van der Waals surface area (Å²) in [5.41, 5.74) is 1.73. The number of ether oxygens (including phenoxy) is 1. The Labute approximate surface area is 120 Å². The Morgan fingerprint density at radius 2 is 2.32 bits per heavy atom. The minimum Gasteiger partial charge on any atom is -0.439 e. The predicted molar refractivity (Wildman–Crippen MR) is 82.8 cm³/mol. The third kappa shape index (κ3) is 3.75. The molecule has 0 aliphatic carbocycles. The van der Waals surface area contributed by atoms with E-state index in [-0.39, 0.29) is 5.43 Å². The molecule has 0 saturated heterocycles. The molecule has 0 spiro atoms. The van der Waals surface area contributed by atoms with Crippen LogP contribution in [0.4, 0.5) is 5.88 Å². The highest BCUT2D eigenvalue weighted by atomic mass is 32.2. The molecule has 0 aromatic carbocycles. The van der Waals surface area contributed by atoms with Gasteiger partial charge in [0, 0.05) is 36.8 Å². The molecule has 2 aromatic rings. The number of hydrogen-bond acceptors (Lipinski definition) is 6. The van der Waals surface area contributed by atoms with Crippen LogP contribution in [0.25, 0.3) is 10.3 Å². The lowest BCUT2D eigenvalue weighted by atomic mass is 10.3. The Hall–Kier alpha value is -0.980. The first-order valence-corrected chi connectivity index (χ1v) is 8.08. The third-order valence-corrected chi connectivity index (χ3v) is 4.64. The van der Waals surface area contributed by atoms with E-state index in [4.69, 9.17) is 9.15 Å². The normalized spacial score (nSPS) is 11.1. The molecule has 0 bridgehead atoms. The molecule has 2 heterocycles. The van der Waals surface area contributed by atoms with Crippen LogP contribution in [0, 0.1) is 6.92 Å². The molecular formula is C13H17NO3S2. The number of fused-ring (bicyclic) bond motifs is 1. The molecule has 0 radical (unpaired) electrons. The van der Waals surface area contributed by atoms with E-state index in [0.29, 0.717) is 16.2 Å². The Balaban J connectivity index is 1.94. The molecule has 6 heteroatoms. The van der Waals surface area contributed by atoms with Gasteiger partial charge in [-0.25, -0.2) is 0 Å². The van der Waals surface area contributed by atoms with E-state index in [2.05, 4.69) is 5.32 Å². The Morgan fingerprint density at radius 3 is 3.11 bits per heavy atom. The van der Waals surface area contributed by atoms with Crippen LogP contribution in [-0.2, 0) is 4.74 Å². The molecule has 19 heavy (non-hydrogen) atoms. The predicted octanol–water partition coefficient (Wildman–Crippen LogP) is 2.95. The molecule has 0 atom stereocenters. The summed E-state index contributed by atoms with van der Waals surface area (Å²) >= 11 is 3.24. The first-order valence-electron chi connectivity index (χ1n) is 6.05. The van der Waals surface area contributed by atoms with Crippen LogP contribution in [0.1, 0.15) is 5.56 Å². The molecule has 104 valence electrons. The maximum atomic E-state index is 11.9. The van der Waals surface area contributed by atoms with E-state index < -0.39 is 0 Å². The van der Waals surface area contributed by atoms with Crippen molar-refractivity contribution in [1.29, 1.82) is 0 Å². The SMILES string of the molecule is COCCSCCNc1cc(=O)c2scc(C)c2o1. The van der Waals surface area contributed by atoms with E-state index in [1.54, 1.807) is 18.9 Å². The van der Waals surface area contributed by atoms with Gasteiger partial charge in [0.15, 0.2) is 11.5 Å². The van der Waals surface area contributed by atoms with Gasteiger partial charge >= 0.3 is 0 Å². The van der Waals surface area contributed by atoms with Crippen molar-refractivity contribution < 1.29 is 9.15 Å². The number of aryl methyl sites for hydroxylation is 1. The summed E-state index contributed by atoms with van der Waals surface area (Å²) in [5, 5.41) is 5.09. The number of hydrogen-bond donors (Lipinski definition) is 1. The molecule has 0 fully saturated rings. The summed E-state index contributed by atoms with van der Waals surface area (Å²) in [4.78, 5) is 11.9. The van der Waals surface area contributed by atoms with E-state index in [0.717, 1.165) is 30.2 Å². The first-order chi connectivity index (χ1) is 9.22. The van der Waals surface area contributed by atoms with Gasteiger partial charge in [-0.1, -0.05) is 0 Å². The van der Waals surface area contributed by atoms with Gasteiger partial charge in [-0.15, -0.1) is 11.3 Å². The van der Waals surface area contributed by atoms with Gasteiger partial charge in [0.05, 0.1) is 6.61 Å². The lowest BCUT2D eigenvalue weighted by molar-refractivity contribution is 0.218. The second-order valence-electron chi connectivity index (χ2n) is 4.08. The number of nitrogens with one attached hydrogen (secondary N) is 1. The van der Waals surface area contributed by atoms with Crippen molar-refractivity contribution >= 4 is 39.3 Å². The summed E-state index contributed by atoms with van der Waals surface area (Å²) < 4.78 is 11.4. The maximum Gasteiger partial charge on any atom is 0.204 e. The zero-order valence-corrected chi connectivity index (χ0v) is 12.7. The standard InChI is InChI=1S/C13H17NO3S2/c1-9-8-19-13-10(15)7-11(17-12(9)13)14-3-5-18-6-4-16-2/h7-8,14H,3-6H2,1-2H3. The molecule has 4 nitrogen and oxygen atoms in total. The van der Waals surface area contributed by atoms with Gasteiger partial charge in [-0.2, -0.15) is 11.8 Å². The van der Waals surface area contributed by atoms with Crippen LogP contribution in [0.5, 0.6) is 0 Å². The van der Waals surface area contributed by atoms with Crippen molar-refractivity contribution in [3.05, 3.63) is 27.2 Å². The van der Waals surface area contributed by atoms with Crippen LogP contribution in [0.3, 0.4) is 0 Å². The molecule has 2 aromatic heterocycles. The molecule has 0 unspecified atom stereocenters. The largest absolute Gasteiger partial charge is 0.439 e. The molecule has 2 rings (SSSR count). The van der Waals surface area contributed by atoms with Crippen molar-refractivity contribution in [1.82, 2.24) is 0 Å². The third-order valence-electron chi connectivity index (χ3n) is 2.59. The highest BCUT2D eigenvalue weighted by molar-refractivity contribution is 7.99. The van der Waals surface area contributed by atoms with Crippen molar-refractivity contribution in [3.63, 3.8) is 0 Å². The second kappa shape index (κ2) is 6.98. The highest BCUT2D eigenvalue weighted by Gasteiger charge is 2.08. The van der Waals surface area contributed by atoms with Gasteiger partial charge in [-0.05, 0) is 12.3 Å². The van der Waals surface area contributed by atoms with Crippen molar-refractivity contribution in [3.8, 4) is 0 Å². The monoisotopic (exact) mass is 299 g/mol. The zero-order valence-electron chi connectivity index (χ0n) is 11.0. The number of rotatable bonds is 7. The average Bonchev–Trinajstić information content (AvgIpc) is 2.76. The van der Waals surface area contributed by atoms with Crippen molar-refractivity contribution in [2.45, 2.75) is 6.92 Å². The van der Waals surface area contributed by atoms with E-state index in [1.165, 1.54) is 17.4 Å². The summed E-state index contributed by atoms with van der Waals surface area (Å²) in [5.74, 6) is 2.48. The smallest absolute Gasteiger partial charge is 0.204 e. The summed E-state index contributed by atoms with van der Waals surface area (Å²) in [6.45, 7) is 3.48. The molecule has 0 aliphatic heterocycles. The van der Waals surface area contributed by atoms with Gasteiger partial charge in [0.25, 0.3) is 0 Å². The molecule has 1 N–H and O–H groups in total. The van der Waals surface area contributed by atoms with Crippen LogP contribution in [0.15, 0.2) is 20.7 Å². The summed E-state index contributed by atoms with van der Waals surface area (Å²) in [7, 11) is 1.70. The van der Waals surface area contributed by atoms with Crippen LogP contribution in [-0.4, -0.2) is 31.8 Å². The maximum absolute atomic E-state index is 11.9. The fourth-order valence-corrected chi connectivity index (χ4v) is 3.25. The number of anilines is 1. The zero-order chi connectivity index (χ0) is 13.7. The van der Waals surface area contributed by atoms with Gasteiger partial charge in [-0.3, -0.25) is 4.79 Å². The van der Waals surface area contributed by atoms with Gasteiger partial charge in [0.1, 0.15) is 4.70 Å². The quantitative estimate of drug-likeness (QED) is 0.797. The summed E-state index contributed by atoms with van der Waals surface area (Å²) in [6.07, 6.45) is 0. The Morgan fingerprint density at radius 1 is 1.47 bits per heavy atom. The minimum atomic E-state index is 0.0221. The average molecular weight is 299 g/mol. The Kier molecular flexibility index (Phi) is 5.30. The second-order valence-corrected chi connectivity index (χ2v) is 6.19. The Bertz CT molecular complexity index is 591. The van der Waals surface area contributed by atoms with Crippen LogP contribution in [0.2, 0.25) is 0 Å². The first kappa shape index (κ1) is 14.4. The number of thiophene rings is 1. The van der Waals surface area contributed by atoms with Gasteiger partial charge in [0.2, 0.25) is 5.43 Å². The van der Waals surface area contributed by atoms with E-state index >= 15 is 0 Å². The molecule has 0 saturated carbocycles. The lowest BCUT2D eigenvalue weighted by Crippen LogP contribution is -2.08. The molecule has 0 amide bonds. The summed E-state index contributed by atoms with van der Waals surface area (Å²) in [6, 6.07) is 1.53. The fourth-order valence-electron chi connectivity index (χ4n) is 1.63. The highest BCUT2D eigenvalue weighted by Crippen LogP contribution is 2.24. The molecular weight excluding hydrogens is 282 g/mol. The van der Waals surface area contributed by atoms with E-state index in [1.807, 2.05) is 12.3 Å². The molecule has 0 aliphatic rings. The number of thioether (sulfide) groups is 1. The van der Waals surface area contributed by atoms with Crippen molar-refractivity contribution in [2.24, 2.45) is 0 Å². The topological polar surface area (TPSA) is 51.5 Å². The van der Waals surface area contributed by atoms with Gasteiger partial charge < -0.3 is 14.5 Å². The minimum absolute atomic E-state index is 0.0221. The van der Waals surface area contributed by atoms with E-state index in [9.17, 15) is 4.79 Å². The number of methoxy groups -OCH3 is 1. The lowest BCUT2D eigenvalue weighted by Gasteiger charge is -2.05. The van der Waals surface area contributed by atoms with Crippen LogP contribution >= 0.6 is 23.1 Å². The van der Waals surface area contributed by atoms with Crippen molar-refractivity contribution in [2.75, 3.05) is 37.1 Å². The fraction of sp³-hybridized carbons (Fsp3) is 0.462.